The van der Waals surface area contributed by atoms with Crippen LogP contribution in [0.4, 0.5) is 24.8 Å². The zero-order valence-corrected chi connectivity index (χ0v) is 11.8. The summed E-state index contributed by atoms with van der Waals surface area (Å²) in [7, 11) is 1.49. The van der Waals surface area contributed by atoms with Gasteiger partial charge in [0.05, 0.1) is 0 Å². The third kappa shape index (κ3) is 3.98. The molecular formula is C13H12ClF3N4. The molecule has 0 amide bonds. The topological polar surface area (TPSA) is 49.8 Å². The summed E-state index contributed by atoms with van der Waals surface area (Å²) in [4.78, 5) is 6.85. The first-order valence-electron chi connectivity index (χ1n) is 6.01. The van der Waals surface area contributed by atoms with E-state index in [9.17, 15) is 13.2 Å². The molecule has 2 rings (SSSR count). The quantitative estimate of drug-likeness (QED) is 0.900. The van der Waals surface area contributed by atoms with Crippen molar-refractivity contribution in [3.63, 3.8) is 0 Å². The molecule has 21 heavy (non-hydrogen) atoms. The lowest BCUT2D eigenvalue weighted by Crippen LogP contribution is -2.14. The molecule has 0 spiro atoms. The summed E-state index contributed by atoms with van der Waals surface area (Å²) in [6, 6.07) is 8.45. The zero-order chi connectivity index (χ0) is 15.5. The molecule has 0 saturated heterocycles. The fraction of sp³-hybridized carbons (Fsp3) is 0.231. The van der Waals surface area contributed by atoms with Crippen LogP contribution in [0.1, 0.15) is 11.4 Å². The Hall–Kier alpha value is -2.02. The van der Waals surface area contributed by atoms with Gasteiger partial charge in [0.25, 0.3) is 0 Å². The monoisotopic (exact) mass is 316 g/mol. The summed E-state index contributed by atoms with van der Waals surface area (Å²) in [6.45, 7) is 0.261. The van der Waals surface area contributed by atoms with E-state index in [0.717, 1.165) is 5.56 Å². The largest absolute Gasteiger partial charge is 0.451 e. The van der Waals surface area contributed by atoms with E-state index in [1.54, 1.807) is 24.3 Å². The van der Waals surface area contributed by atoms with Gasteiger partial charge in [-0.1, -0.05) is 29.8 Å². The number of hydrogen-bond donors (Lipinski definition) is 2. The Morgan fingerprint density at radius 3 is 2.43 bits per heavy atom. The number of benzene rings is 1. The lowest BCUT2D eigenvalue weighted by atomic mass is 10.2. The Morgan fingerprint density at radius 1 is 1.14 bits per heavy atom. The summed E-state index contributed by atoms with van der Waals surface area (Å²) in [5, 5.41) is 5.92. The van der Waals surface area contributed by atoms with Crippen LogP contribution in [0.3, 0.4) is 0 Å². The van der Waals surface area contributed by atoms with Crippen molar-refractivity contribution in [3.8, 4) is 0 Å². The average Bonchev–Trinajstić information content (AvgIpc) is 2.45. The van der Waals surface area contributed by atoms with Gasteiger partial charge in [-0.3, -0.25) is 0 Å². The molecule has 0 bridgehead atoms. The van der Waals surface area contributed by atoms with Crippen LogP contribution in [0.15, 0.2) is 30.3 Å². The average molecular weight is 317 g/mol. The molecule has 0 saturated carbocycles. The number of rotatable bonds is 4. The van der Waals surface area contributed by atoms with E-state index in [2.05, 4.69) is 20.6 Å². The number of nitrogens with one attached hydrogen (secondary N) is 2. The highest BCUT2D eigenvalue weighted by atomic mass is 35.5. The summed E-state index contributed by atoms with van der Waals surface area (Å²) in [5.74, 6) is -1.04. The number of anilines is 2. The molecule has 4 nitrogen and oxygen atoms in total. The molecule has 2 aromatic rings. The van der Waals surface area contributed by atoms with Crippen molar-refractivity contribution in [2.75, 3.05) is 17.7 Å². The van der Waals surface area contributed by atoms with Crippen LogP contribution in [0.2, 0.25) is 5.02 Å². The van der Waals surface area contributed by atoms with Gasteiger partial charge >= 0.3 is 6.18 Å². The number of alkyl halides is 3. The van der Waals surface area contributed by atoms with Crippen molar-refractivity contribution >= 4 is 23.2 Å². The van der Waals surface area contributed by atoms with E-state index in [-0.39, 0.29) is 18.2 Å². The van der Waals surface area contributed by atoms with E-state index in [1.165, 1.54) is 13.1 Å². The molecule has 0 aliphatic rings. The summed E-state index contributed by atoms with van der Waals surface area (Å²) < 4.78 is 38.1. The molecule has 0 unspecified atom stereocenters. The van der Waals surface area contributed by atoms with E-state index < -0.39 is 12.0 Å². The molecule has 0 aliphatic heterocycles. The van der Waals surface area contributed by atoms with Gasteiger partial charge < -0.3 is 10.6 Å². The van der Waals surface area contributed by atoms with Crippen molar-refractivity contribution < 1.29 is 13.2 Å². The van der Waals surface area contributed by atoms with Gasteiger partial charge in [0.2, 0.25) is 5.82 Å². The second-order valence-corrected chi connectivity index (χ2v) is 4.56. The lowest BCUT2D eigenvalue weighted by Gasteiger charge is -2.12. The van der Waals surface area contributed by atoms with Gasteiger partial charge in [0.15, 0.2) is 0 Å². The predicted octanol–water partition coefficient (Wildman–Crippen LogP) is 3.80. The predicted molar refractivity (Wildman–Crippen MR) is 75.4 cm³/mol. The van der Waals surface area contributed by atoms with E-state index >= 15 is 0 Å². The first kappa shape index (κ1) is 15.4. The number of aromatic nitrogens is 2. The van der Waals surface area contributed by atoms with Gasteiger partial charge in [-0.15, -0.1) is 0 Å². The standard InChI is InChI=1S/C13H12ClF3N4/c1-18-10-6-11(21-12(20-10)13(15,16)17)19-7-8-4-2-3-5-9(8)14/h2-6H,7H2,1H3,(H2,18,19,20,21). The van der Waals surface area contributed by atoms with Crippen molar-refractivity contribution in [1.29, 1.82) is 0 Å². The maximum absolute atomic E-state index is 12.7. The van der Waals surface area contributed by atoms with Crippen molar-refractivity contribution in [2.24, 2.45) is 0 Å². The van der Waals surface area contributed by atoms with Crippen LogP contribution < -0.4 is 10.6 Å². The smallest absolute Gasteiger partial charge is 0.373 e. The fourth-order valence-electron chi connectivity index (χ4n) is 1.62. The number of halogens is 4. The van der Waals surface area contributed by atoms with Crippen molar-refractivity contribution in [1.82, 2.24) is 9.97 Å². The number of hydrogen-bond acceptors (Lipinski definition) is 4. The Balaban J connectivity index is 2.22. The Bertz CT molecular complexity index is 631. The van der Waals surface area contributed by atoms with Crippen LogP contribution >= 0.6 is 11.6 Å². The van der Waals surface area contributed by atoms with E-state index in [0.29, 0.717) is 5.02 Å². The molecule has 1 aromatic carbocycles. The first-order chi connectivity index (χ1) is 9.90. The highest BCUT2D eigenvalue weighted by Crippen LogP contribution is 2.28. The Kier molecular flexibility index (Phi) is 4.52. The Morgan fingerprint density at radius 2 is 1.81 bits per heavy atom. The van der Waals surface area contributed by atoms with Gasteiger partial charge in [-0.2, -0.15) is 13.2 Å². The second-order valence-electron chi connectivity index (χ2n) is 4.15. The number of nitrogens with zero attached hydrogens (tertiary/aromatic N) is 2. The zero-order valence-electron chi connectivity index (χ0n) is 11.0. The maximum Gasteiger partial charge on any atom is 0.451 e. The molecule has 2 N–H and O–H groups in total. The molecule has 0 fully saturated rings. The van der Waals surface area contributed by atoms with Crippen LogP contribution in [-0.2, 0) is 12.7 Å². The molecular weight excluding hydrogens is 305 g/mol. The van der Waals surface area contributed by atoms with Crippen LogP contribution in [0.25, 0.3) is 0 Å². The van der Waals surface area contributed by atoms with Gasteiger partial charge in [0.1, 0.15) is 11.6 Å². The minimum Gasteiger partial charge on any atom is -0.373 e. The molecule has 1 heterocycles. The van der Waals surface area contributed by atoms with E-state index in [1.807, 2.05) is 0 Å². The molecule has 8 heteroatoms. The molecule has 0 aliphatic carbocycles. The molecule has 112 valence electrons. The highest BCUT2D eigenvalue weighted by Gasteiger charge is 2.35. The van der Waals surface area contributed by atoms with Gasteiger partial charge in [0, 0.05) is 24.7 Å². The van der Waals surface area contributed by atoms with Crippen LogP contribution in [0.5, 0.6) is 0 Å². The third-order valence-corrected chi connectivity index (χ3v) is 3.02. The minimum absolute atomic E-state index is 0.0709. The lowest BCUT2D eigenvalue weighted by molar-refractivity contribution is -0.144. The summed E-state index contributed by atoms with van der Waals surface area (Å²) >= 11 is 5.99. The summed E-state index contributed by atoms with van der Waals surface area (Å²) in [5.41, 5.74) is 0.761. The van der Waals surface area contributed by atoms with E-state index in [4.69, 9.17) is 11.6 Å². The van der Waals surface area contributed by atoms with Crippen molar-refractivity contribution in [3.05, 3.63) is 46.7 Å². The Labute approximate surface area is 124 Å². The minimum atomic E-state index is -4.60. The van der Waals surface area contributed by atoms with Crippen LogP contribution in [0, 0.1) is 0 Å². The van der Waals surface area contributed by atoms with Crippen molar-refractivity contribution in [2.45, 2.75) is 12.7 Å². The van der Waals surface area contributed by atoms with Gasteiger partial charge in [-0.25, -0.2) is 9.97 Å². The fourth-order valence-corrected chi connectivity index (χ4v) is 1.82. The normalized spacial score (nSPS) is 11.3. The maximum atomic E-state index is 12.7. The SMILES string of the molecule is CNc1cc(NCc2ccccc2Cl)nc(C(F)(F)F)n1. The summed E-state index contributed by atoms with van der Waals surface area (Å²) in [6.07, 6.45) is -4.60. The molecule has 1 aromatic heterocycles. The van der Waals surface area contributed by atoms with Crippen LogP contribution in [-0.4, -0.2) is 17.0 Å². The molecule has 0 radical (unpaired) electrons. The van der Waals surface area contributed by atoms with Gasteiger partial charge in [-0.05, 0) is 11.6 Å². The molecule has 0 atom stereocenters. The first-order valence-corrected chi connectivity index (χ1v) is 6.39. The highest BCUT2D eigenvalue weighted by molar-refractivity contribution is 6.31. The second kappa shape index (κ2) is 6.17. The third-order valence-electron chi connectivity index (χ3n) is 2.65.